The molecule has 2 aliphatic carbocycles. The molecule has 2 amide bonds. The lowest BCUT2D eigenvalue weighted by atomic mass is 9.69. The summed E-state index contributed by atoms with van der Waals surface area (Å²) in [5.41, 5.74) is 6.50. The molecule has 2 unspecified atom stereocenters. The number of fused-ring (bicyclic) bond motifs is 2. The van der Waals surface area contributed by atoms with Crippen molar-refractivity contribution in [3.05, 3.63) is 30.0 Å². The van der Waals surface area contributed by atoms with Crippen LogP contribution < -0.4 is 5.73 Å². The number of rotatable bonds is 7. The number of aromatic nitrogens is 2. The lowest BCUT2D eigenvalue weighted by molar-refractivity contribution is -0.140. The number of primary amides is 1. The Labute approximate surface area is 199 Å². The molecule has 3 fully saturated rings. The molecule has 1 aromatic heterocycles. The first-order valence-corrected chi connectivity index (χ1v) is 12.3. The van der Waals surface area contributed by atoms with E-state index in [1.807, 2.05) is 23.1 Å². The number of likely N-dealkylation sites (tertiary alicyclic amines) is 1. The number of ether oxygens (including phenoxy) is 1. The van der Waals surface area contributed by atoms with Crippen molar-refractivity contribution >= 4 is 28.5 Å². The van der Waals surface area contributed by atoms with Gasteiger partial charge in [0.1, 0.15) is 6.54 Å². The molecule has 2 saturated carbocycles. The highest BCUT2D eigenvalue weighted by Gasteiger charge is 2.56. The standard InChI is InChI=1S/C26H34N4O4/c1-26(2)12-15(8-17(13-26)34-3)9-22(31)21-11-16-10-20(16)30(21)23(32)14-29-19-7-5-4-6-18(19)24(28-29)25(27)33/h4-7,15-17,20-21H,8-14H2,1-3H3,(H2,27,33)/t15?,16-,17?,20-,21+/m1/s1. The van der Waals surface area contributed by atoms with E-state index in [9.17, 15) is 14.4 Å². The van der Waals surface area contributed by atoms with Gasteiger partial charge in [-0.1, -0.05) is 32.0 Å². The van der Waals surface area contributed by atoms with E-state index in [1.54, 1.807) is 17.9 Å². The molecule has 0 bridgehead atoms. The molecular formula is C26H34N4O4. The molecule has 5 rings (SSSR count). The van der Waals surface area contributed by atoms with Gasteiger partial charge in [-0.3, -0.25) is 19.1 Å². The van der Waals surface area contributed by atoms with Crippen LogP contribution in [0.5, 0.6) is 0 Å². The third-order valence-electron chi connectivity index (χ3n) is 7.98. The third kappa shape index (κ3) is 4.24. The number of amides is 2. The maximum atomic E-state index is 13.5. The van der Waals surface area contributed by atoms with Gasteiger partial charge in [0.2, 0.25) is 5.91 Å². The predicted octanol–water partition coefficient (Wildman–Crippen LogP) is 2.93. The molecule has 8 nitrogen and oxygen atoms in total. The summed E-state index contributed by atoms with van der Waals surface area (Å²) in [5, 5.41) is 4.96. The number of carbonyl (C=O) groups is 3. The molecule has 1 saturated heterocycles. The molecule has 182 valence electrons. The molecule has 5 atom stereocenters. The summed E-state index contributed by atoms with van der Waals surface area (Å²) < 4.78 is 7.19. The Bertz CT molecular complexity index is 1140. The first-order chi connectivity index (χ1) is 16.2. The van der Waals surface area contributed by atoms with Crippen molar-refractivity contribution in [1.82, 2.24) is 14.7 Å². The van der Waals surface area contributed by atoms with E-state index in [4.69, 9.17) is 10.5 Å². The van der Waals surface area contributed by atoms with E-state index in [0.717, 1.165) is 32.1 Å². The number of para-hydroxylation sites is 1. The van der Waals surface area contributed by atoms with Crippen molar-refractivity contribution in [3.8, 4) is 0 Å². The average Bonchev–Trinajstić information content (AvgIpc) is 3.28. The van der Waals surface area contributed by atoms with Crippen LogP contribution in [0.25, 0.3) is 10.9 Å². The first kappa shape index (κ1) is 23.0. The van der Waals surface area contributed by atoms with Crippen LogP contribution in [0.2, 0.25) is 0 Å². The SMILES string of the molecule is COC1CC(CC(=O)[C@@H]2C[C@H]3C[C@H]3N2C(=O)Cn2nc(C(N)=O)c3ccccc32)CC(C)(C)C1. The summed E-state index contributed by atoms with van der Waals surface area (Å²) in [6, 6.07) is 7.04. The Hall–Kier alpha value is -2.74. The average molecular weight is 467 g/mol. The van der Waals surface area contributed by atoms with Crippen molar-refractivity contribution in [1.29, 1.82) is 0 Å². The molecule has 2 aromatic rings. The van der Waals surface area contributed by atoms with E-state index in [2.05, 4.69) is 18.9 Å². The maximum Gasteiger partial charge on any atom is 0.269 e. The van der Waals surface area contributed by atoms with Gasteiger partial charge >= 0.3 is 0 Å². The van der Waals surface area contributed by atoms with E-state index in [-0.39, 0.29) is 53.4 Å². The van der Waals surface area contributed by atoms with Gasteiger partial charge in [0.15, 0.2) is 11.5 Å². The van der Waals surface area contributed by atoms with Crippen LogP contribution in [-0.4, -0.2) is 57.6 Å². The minimum atomic E-state index is -0.622. The number of Topliss-reactive ketones (excluding diaryl/α,β-unsaturated/α-hetero) is 1. The van der Waals surface area contributed by atoms with Crippen LogP contribution in [0.15, 0.2) is 24.3 Å². The second-order valence-corrected chi connectivity index (χ2v) is 11.2. The van der Waals surface area contributed by atoms with Crippen LogP contribution in [0.1, 0.15) is 62.9 Å². The highest BCUT2D eigenvalue weighted by atomic mass is 16.5. The molecule has 2 N–H and O–H groups in total. The topological polar surface area (TPSA) is 108 Å². The summed E-state index contributed by atoms with van der Waals surface area (Å²) in [7, 11) is 1.75. The number of carbonyl (C=O) groups excluding carboxylic acids is 3. The van der Waals surface area contributed by atoms with Gasteiger partial charge in [-0.25, -0.2) is 0 Å². The summed E-state index contributed by atoms with van der Waals surface area (Å²) in [4.78, 5) is 40.6. The quantitative estimate of drug-likeness (QED) is 0.675. The number of hydrogen-bond donors (Lipinski definition) is 1. The Morgan fingerprint density at radius 2 is 1.91 bits per heavy atom. The molecule has 1 aromatic carbocycles. The summed E-state index contributed by atoms with van der Waals surface area (Å²) in [6.45, 7) is 4.47. The second-order valence-electron chi connectivity index (χ2n) is 11.2. The number of nitrogens with two attached hydrogens (primary N) is 1. The third-order valence-corrected chi connectivity index (χ3v) is 7.98. The molecule has 1 aliphatic heterocycles. The first-order valence-electron chi connectivity index (χ1n) is 12.3. The molecular weight excluding hydrogens is 432 g/mol. The number of piperidine rings is 1. The predicted molar refractivity (Wildman–Crippen MR) is 127 cm³/mol. The van der Waals surface area contributed by atoms with Crippen molar-refractivity contribution in [3.63, 3.8) is 0 Å². The smallest absolute Gasteiger partial charge is 0.269 e. The summed E-state index contributed by atoms with van der Waals surface area (Å²) in [6.07, 6.45) is 5.31. The second kappa shape index (κ2) is 8.48. The fourth-order valence-electron chi connectivity index (χ4n) is 6.52. The molecule has 34 heavy (non-hydrogen) atoms. The van der Waals surface area contributed by atoms with Crippen molar-refractivity contribution in [2.75, 3.05) is 7.11 Å². The molecule has 0 spiro atoms. The summed E-state index contributed by atoms with van der Waals surface area (Å²) >= 11 is 0. The molecule has 3 aliphatic rings. The number of ketones is 1. The van der Waals surface area contributed by atoms with Crippen LogP contribution in [0, 0.1) is 17.3 Å². The highest BCUT2D eigenvalue weighted by Crippen LogP contribution is 2.49. The minimum absolute atomic E-state index is 0.0109. The number of hydrogen-bond acceptors (Lipinski definition) is 5. The van der Waals surface area contributed by atoms with Crippen molar-refractivity contribution in [2.45, 2.75) is 77.1 Å². The highest BCUT2D eigenvalue weighted by molar-refractivity contribution is 6.04. The van der Waals surface area contributed by atoms with E-state index in [1.165, 1.54) is 0 Å². The largest absolute Gasteiger partial charge is 0.381 e. The Morgan fingerprint density at radius 3 is 2.65 bits per heavy atom. The fraction of sp³-hybridized carbons (Fsp3) is 0.615. The lowest BCUT2D eigenvalue weighted by Gasteiger charge is -2.40. The molecule has 0 radical (unpaired) electrons. The van der Waals surface area contributed by atoms with Crippen molar-refractivity contribution < 1.29 is 19.1 Å². The molecule has 2 heterocycles. The number of methoxy groups -OCH3 is 1. The van der Waals surface area contributed by atoms with Gasteiger partial charge < -0.3 is 15.4 Å². The Morgan fingerprint density at radius 1 is 1.15 bits per heavy atom. The van der Waals surface area contributed by atoms with Crippen LogP contribution in [0.3, 0.4) is 0 Å². The zero-order valence-corrected chi connectivity index (χ0v) is 20.2. The zero-order chi connectivity index (χ0) is 24.2. The van der Waals surface area contributed by atoms with E-state index in [0.29, 0.717) is 23.2 Å². The molecule has 8 heteroatoms. The fourth-order valence-corrected chi connectivity index (χ4v) is 6.52. The van der Waals surface area contributed by atoms with Gasteiger partial charge in [-0.05, 0) is 55.4 Å². The maximum absolute atomic E-state index is 13.5. The lowest BCUT2D eigenvalue weighted by Crippen LogP contribution is -2.45. The normalized spacial score (nSPS) is 29.7. The van der Waals surface area contributed by atoms with E-state index < -0.39 is 5.91 Å². The monoisotopic (exact) mass is 466 g/mol. The minimum Gasteiger partial charge on any atom is -0.381 e. The number of nitrogens with zero attached hydrogens (tertiary/aromatic N) is 3. The summed E-state index contributed by atoms with van der Waals surface area (Å²) in [5.74, 6) is 0.127. The van der Waals surface area contributed by atoms with Crippen LogP contribution in [0.4, 0.5) is 0 Å². The van der Waals surface area contributed by atoms with Gasteiger partial charge in [-0.15, -0.1) is 0 Å². The van der Waals surface area contributed by atoms with Crippen LogP contribution in [-0.2, 0) is 20.9 Å². The van der Waals surface area contributed by atoms with Gasteiger partial charge in [-0.2, -0.15) is 5.10 Å². The van der Waals surface area contributed by atoms with Gasteiger partial charge in [0, 0.05) is 25.0 Å². The van der Waals surface area contributed by atoms with Crippen molar-refractivity contribution in [2.24, 2.45) is 23.0 Å². The Balaban J connectivity index is 1.32. The Kier molecular flexibility index (Phi) is 5.74. The van der Waals surface area contributed by atoms with Gasteiger partial charge in [0.25, 0.3) is 5.91 Å². The van der Waals surface area contributed by atoms with Gasteiger partial charge in [0.05, 0.1) is 17.7 Å². The van der Waals surface area contributed by atoms with Crippen LogP contribution >= 0.6 is 0 Å². The van der Waals surface area contributed by atoms with E-state index >= 15 is 0 Å². The number of benzene rings is 1. The zero-order valence-electron chi connectivity index (χ0n) is 20.2.